The standard InChI is InChI=1S/C16H13ClFNO3/c1-20-14-4-3-10(6-13(14)18)9-22-16-12(17)5-11(8-19)7-15(16)21-2/h3-7H,9H2,1-2H3. The summed E-state index contributed by atoms with van der Waals surface area (Å²) in [6, 6.07) is 9.51. The van der Waals surface area contributed by atoms with Crippen LogP contribution in [0.1, 0.15) is 11.1 Å². The number of nitriles is 1. The van der Waals surface area contributed by atoms with Gasteiger partial charge in [-0.1, -0.05) is 17.7 Å². The first-order valence-electron chi connectivity index (χ1n) is 6.32. The Balaban J connectivity index is 2.21. The van der Waals surface area contributed by atoms with Crippen LogP contribution in [0.3, 0.4) is 0 Å². The molecule has 0 unspecified atom stereocenters. The van der Waals surface area contributed by atoms with Crippen molar-refractivity contribution in [2.45, 2.75) is 6.61 Å². The zero-order valence-electron chi connectivity index (χ0n) is 12.0. The molecule has 4 nitrogen and oxygen atoms in total. The molecule has 2 aromatic carbocycles. The maximum absolute atomic E-state index is 13.6. The van der Waals surface area contributed by atoms with Crippen molar-refractivity contribution in [2.75, 3.05) is 14.2 Å². The molecule has 0 saturated heterocycles. The SMILES string of the molecule is COc1ccc(COc2c(Cl)cc(C#N)cc2OC)cc1F. The first-order chi connectivity index (χ1) is 10.6. The molecule has 114 valence electrons. The fraction of sp³-hybridized carbons (Fsp3) is 0.188. The van der Waals surface area contributed by atoms with Crippen molar-refractivity contribution in [1.82, 2.24) is 0 Å². The Morgan fingerprint density at radius 2 is 1.86 bits per heavy atom. The minimum Gasteiger partial charge on any atom is -0.494 e. The summed E-state index contributed by atoms with van der Waals surface area (Å²) < 4.78 is 29.3. The van der Waals surface area contributed by atoms with Crippen LogP contribution in [-0.2, 0) is 6.61 Å². The van der Waals surface area contributed by atoms with Crippen LogP contribution in [-0.4, -0.2) is 14.2 Å². The van der Waals surface area contributed by atoms with Gasteiger partial charge in [-0.05, 0) is 23.8 Å². The van der Waals surface area contributed by atoms with E-state index in [2.05, 4.69) is 0 Å². The minimum atomic E-state index is -0.471. The van der Waals surface area contributed by atoms with Gasteiger partial charge in [0.25, 0.3) is 0 Å². The summed E-state index contributed by atoms with van der Waals surface area (Å²) in [6.45, 7) is 0.100. The Hall–Kier alpha value is -2.45. The van der Waals surface area contributed by atoms with Crippen LogP contribution < -0.4 is 14.2 Å². The van der Waals surface area contributed by atoms with E-state index in [9.17, 15) is 4.39 Å². The molecule has 0 N–H and O–H groups in total. The number of halogens is 2. The smallest absolute Gasteiger partial charge is 0.180 e. The van der Waals surface area contributed by atoms with Gasteiger partial charge in [-0.15, -0.1) is 0 Å². The average Bonchev–Trinajstić information content (AvgIpc) is 2.53. The molecule has 0 aliphatic rings. The molecule has 0 aliphatic carbocycles. The molecule has 0 spiro atoms. The van der Waals surface area contributed by atoms with E-state index in [0.29, 0.717) is 22.6 Å². The first kappa shape index (κ1) is 15.9. The molecule has 0 amide bonds. The van der Waals surface area contributed by atoms with Crippen LogP contribution in [0.2, 0.25) is 5.02 Å². The summed E-state index contributed by atoms with van der Waals surface area (Å²) in [4.78, 5) is 0. The number of ether oxygens (including phenoxy) is 3. The Bertz CT molecular complexity index is 728. The third kappa shape index (κ3) is 3.41. The van der Waals surface area contributed by atoms with E-state index >= 15 is 0 Å². The van der Waals surface area contributed by atoms with Crippen molar-refractivity contribution in [3.05, 3.63) is 52.3 Å². The summed E-state index contributed by atoms with van der Waals surface area (Å²) in [5, 5.41) is 9.16. The third-order valence-electron chi connectivity index (χ3n) is 2.96. The van der Waals surface area contributed by atoms with Crippen molar-refractivity contribution in [1.29, 1.82) is 5.26 Å². The third-order valence-corrected chi connectivity index (χ3v) is 3.24. The van der Waals surface area contributed by atoms with Gasteiger partial charge in [0.05, 0.1) is 30.9 Å². The van der Waals surface area contributed by atoms with Crippen LogP contribution in [0, 0.1) is 17.1 Å². The lowest BCUT2D eigenvalue weighted by molar-refractivity contribution is 0.283. The second-order valence-corrected chi connectivity index (χ2v) is 4.77. The fourth-order valence-electron chi connectivity index (χ4n) is 1.88. The lowest BCUT2D eigenvalue weighted by Crippen LogP contribution is -2.00. The Labute approximate surface area is 132 Å². The Morgan fingerprint density at radius 1 is 1.14 bits per heavy atom. The maximum Gasteiger partial charge on any atom is 0.180 e. The molecule has 22 heavy (non-hydrogen) atoms. The lowest BCUT2D eigenvalue weighted by atomic mass is 10.2. The molecule has 0 bridgehead atoms. The molecule has 0 aliphatic heterocycles. The molecule has 2 rings (SSSR count). The molecular formula is C16H13ClFNO3. The number of benzene rings is 2. The zero-order chi connectivity index (χ0) is 16.1. The van der Waals surface area contributed by atoms with Gasteiger partial charge >= 0.3 is 0 Å². The van der Waals surface area contributed by atoms with Crippen LogP contribution in [0.15, 0.2) is 30.3 Å². The van der Waals surface area contributed by atoms with Gasteiger partial charge in [0.15, 0.2) is 23.1 Å². The van der Waals surface area contributed by atoms with Gasteiger partial charge in [0.1, 0.15) is 6.61 Å². The second-order valence-electron chi connectivity index (χ2n) is 4.36. The summed E-state index contributed by atoms with van der Waals surface area (Å²) in [5.74, 6) is 0.344. The maximum atomic E-state index is 13.6. The molecule has 6 heteroatoms. The van der Waals surface area contributed by atoms with Crippen molar-refractivity contribution < 1.29 is 18.6 Å². The topological polar surface area (TPSA) is 51.5 Å². The number of methoxy groups -OCH3 is 2. The highest BCUT2D eigenvalue weighted by atomic mass is 35.5. The van der Waals surface area contributed by atoms with Gasteiger partial charge in [-0.2, -0.15) is 5.26 Å². The molecule has 2 aromatic rings. The molecule has 0 fully saturated rings. The van der Waals surface area contributed by atoms with E-state index in [0.717, 1.165) is 0 Å². The van der Waals surface area contributed by atoms with Crippen LogP contribution in [0.4, 0.5) is 4.39 Å². The largest absolute Gasteiger partial charge is 0.494 e. The van der Waals surface area contributed by atoms with E-state index in [1.54, 1.807) is 6.07 Å². The van der Waals surface area contributed by atoms with E-state index in [1.165, 1.54) is 38.5 Å². The van der Waals surface area contributed by atoms with E-state index in [-0.39, 0.29) is 17.4 Å². The summed E-state index contributed by atoms with van der Waals surface area (Å²) >= 11 is 6.09. The van der Waals surface area contributed by atoms with Gasteiger partial charge < -0.3 is 14.2 Å². The van der Waals surface area contributed by atoms with Gasteiger partial charge in [-0.25, -0.2) is 4.39 Å². The van der Waals surface area contributed by atoms with Gasteiger partial charge in [0.2, 0.25) is 0 Å². The van der Waals surface area contributed by atoms with Crippen LogP contribution >= 0.6 is 11.6 Å². The summed E-state index contributed by atoms with van der Waals surface area (Å²) in [6.07, 6.45) is 0. The first-order valence-corrected chi connectivity index (χ1v) is 6.69. The summed E-state index contributed by atoms with van der Waals surface area (Å²) in [7, 11) is 2.85. The van der Waals surface area contributed by atoms with Crippen LogP contribution in [0.5, 0.6) is 17.2 Å². The second kappa shape index (κ2) is 7.01. The van der Waals surface area contributed by atoms with Crippen molar-refractivity contribution in [3.63, 3.8) is 0 Å². The fourth-order valence-corrected chi connectivity index (χ4v) is 2.14. The molecule has 0 aromatic heterocycles. The van der Waals surface area contributed by atoms with Crippen molar-refractivity contribution in [2.24, 2.45) is 0 Å². The van der Waals surface area contributed by atoms with E-state index in [1.807, 2.05) is 6.07 Å². The Kier molecular flexibility index (Phi) is 5.08. The highest BCUT2D eigenvalue weighted by molar-refractivity contribution is 6.32. The van der Waals surface area contributed by atoms with Crippen LogP contribution in [0.25, 0.3) is 0 Å². The zero-order valence-corrected chi connectivity index (χ0v) is 12.8. The monoisotopic (exact) mass is 321 g/mol. The van der Waals surface area contributed by atoms with Crippen molar-refractivity contribution in [3.8, 4) is 23.3 Å². The number of rotatable bonds is 5. The average molecular weight is 322 g/mol. The highest BCUT2D eigenvalue weighted by Gasteiger charge is 2.13. The van der Waals surface area contributed by atoms with E-state index in [4.69, 9.17) is 31.1 Å². The van der Waals surface area contributed by atoms with E-state index < -0.39 is 5.82 Å². The predicted octanol–water partition coefficient (Wildman–Crippen LogP) is 3.95. The Morgan fingerprint density at radius 3 is 2.45 bits per heavy atom. The molecular weight excluding hydrogens is 309 g/mol. The normalized spacial score (nSPS) is 9.95. The molecule has 0 atom stereocenters. The number of hydrogen-bond acceptors (Lipinski definition) is 4. The quantitative estimate of drug-likeness (QED) is 0.836. The predicted molar refractivity (Wildman–Crippen MR) is 80.0 cm³/mol. The number of nitrogens with zero attached hydrogens (tertiary/aromatic N) is 1. The van der Waals surface area contributed by atoms with Crippen molar-refractivity contribution >= 4 is 11.6 Å². The summed E-state index contributed by atoms with van der Waals surface area (Å²) in [5.41, 5.74) is 0.977. The molecule has 0 radical (unpaired) electrons. The van der Waals surface area contributed by atoms with Gasteiger partial charge in [0, 0.05) is 6.07 Å². The van der Waals surface area contributed by atoms with Gasteiger partial charge in [-0.3, -0.25) is 0 Å². The number of hydrogen-bond donors (Lipinski definition) is 0. The minimum absolute atomic E-state index is 0.100. The molecule has 0 heterocycles. The highest BCUT2D eigenvalue weighted by Crippen LogP contribution is 2.36. The lowest BCUT2D eigenvalue weighted by Gasteiger charge is -2.13. The molecule has 0 saturated carbocycles.